The van der Waals surface area contributed by atoms with Gasteiger partial charge in [0.25, 0.3) is 5.89 Å². The normalized spacial score (nSPS) is 13.1. The maximum Gasteiger partial charge on any atom is 0.264 e. The van der Waals surface area contributed by atoms with Gasteiger partial charge in [0.15, 0.2) is 12.4 Å². The van der Waals surface area contributed by atoms with Crippen LogP contribution in [-0.4, -0.2) is 23.2 Å². The van der Waals surface area contributed by atoms with Crippen LogP contribution in [0, 0.1) is 0 Å². The molecule has 0 amide bonds. The maximum absolute atomic E-state index is 5.88. The van der Waals surface area contributed by atoms with Crippen LogP contribution in [0.5, 0.6) is 5.75 Å². The highest BCUT2D eigenvalue weighted by Gasteiger charge is 2.19. The molecule has 1 aromatic heterocycles. The summed E-state index contributed by atoms with van der Waals surface area (Å²) >= 11 is 0. The van der Waals surface area contributed by atoms with Crippen molar-refractivity contribution in [2.24, 2.45) is 0 Å². The topological polar surface area (TPSA) is 60.2 Å². The van der Waals surface area contributed by atoms with Crippen molar-refractivity contribution < 1.29 is 9.26 Å². The Morgan fingerprint density at radius 1 is 1.27 bits per heavy atom. The van der Waals surface area contributed by atoms with Gasteiger partial charge in [-0.25, -0.2) is 0 Å². The molecule has 0 bridgehead atoms. The Morgan fingerprint density at radius 3 is 2.68 bits per heavy atom. The predicted octanol–water partition coefficient (Wildman–Crippen LogP) is 3.10. The van der Waals surface area contributed by atoms with Crippen LogP contribution in [-0.2, 0) is 18.4 Å². The van der Waals surface area contributed by atoms with Crippen molar-refractivity contribution in [1.82, 2.24) is 15.5 Å². The summed E-state index contributed by atoms with van der Waals surface area (Å²) in [5.74, 6) is 2.06. The molecule has 0 aliphatic heterocycles. The van der Waals surface area contributed by atoms with Gasteiger partial charge in [0.05, 0.1) is 0 Å². The lowest BCUT2D eigenvalue weighted by Crippen LogP contribution is -2.24. The van der Waals surface area contributed by atoms with E-state index >= 15 is 0 Å². The number of aromatic nitrogens is 2. The molecule has 1 aromatic carbocycles. The van der Waals surface area contributed by atoms with E-state index in [0.29, 0.717) is 17.8 Å². The lowest BCUT2D eigenvalue weighted by molar-refractivity contribution is 0.238. The van der Waals surface area contributed by atoms with E-state index in [1.165, 1.54) is 5.56 Å². The fourth-order valence-corrected chi connectivity index (χ4v) is 2.16. The number of nitrogens with one attached hydrogen (secondary N) is 1. The molecule has 1 N–H and O–H groups in total. The Morgan fingerprint density at radius 2 is 2.00 bits per heavy atom. The molecule has 0 spiro atoms. The van der Waals surface area contributed by atoms with Crippen LogP contribution in [0.3, 0.4) is 0 Å². The van der Waals surface area contributed by atoms with Crippen LogP contribution in [0.25, 0.3) is 0 Å². The van der Waals surface area contributed by atoms with Crippen molar-refractivity contribution in [2.75, 3.05) is 7.05 Å². The fraction of sp³-hybridized carbons (Fsp3) is 0.529. The van der Waals surface area contributed by atoms with Gasteiger partial charge in [-0.1, -0.05) is 44.1 Å². The highest BCUT2D eigenvalue weighted by atomic mass is 16.5. The zero-order chi connectivity index (χ0) is 16.2. The van der Waals surface area contributed by atoms with Crippen molar-refractivity contribution >= 4 is 0 Å². The SMILES string of the molecule is CNC(C)Cc1noc(COc2ccccc2C(C)(C)C)n1. The summed E-state index contributed by atoms with van der Waals surface area (Å²) in [4.78, 5) is 4.36. The van der Waals surface area contributed by atoms with Gasteiger partial charge >= 0.3 is 0 Å². The van der Waals surface area contributed by atoms with E-state index < -0.39 is 0 Å². The molecule has 5 heteroatoms. The molecule has 0 radical (unpaired) electrons. The van der Waals surface area contributed by atoms with Gasteiger partial charge in [-0.3, -0.25) is 0 Å². The Hall–Kier alpha value is -1.88. The highest BCUT2D eigenvalue weighted by Crippen LogP contribution is 2.31. The number of likely N-dealkylation sites (N-methyl/N-ethyl adjacent to an activating group) is 1. The zero-order valence-corrected chi connectivity index (χ0v) is 14.0. The van der Waals surface area contributed by atoms with Gasteiger partial charge in [0.2, 0.25) is 0 Å². The summed E-state index contributed by atoms with van der Waals surface area (Å²) in [6, 6.07) is 8.37. The zero-order valence-electron chi connectivity index (χ0n) is 14.0. The average Bonchev–Trinajstić information content (AvgIpc) is 2.92. The van der Waals surface area contributed by atoms with Crippen molar-refractivity contribution in [2.45, 2.75) is 52.2 Å². The van der Waals surface area contributed by atoms with Gasteiger partial charge in [-0.2, -0.15) is 4.98 Å². The fourth-order valence-electron chi connectivity index (χ4n) is 2.16. The third-order valence-corrected chi connectivity index (χ3v) is 3.54. The van der Waals surface area contributed by atoms with Gasteiger partial charge in [0.1, 0.15) is 5.75 Å². The molecule has 1 atom stereocenters. The molecule has 2 rings (SSSR count). The van der Waals surface area contributed by atoms with E-state index in [4.69, 9.17) is 9.26 Å². The molecular weight excluding hydrogens is 278 g/mol. The Bertz CT molecular complexity index is 602. The van der Waals surface area contributed by atoms with Crippen molar-refractivity contribution in [3.05, 3.63) is 41.5 Å². The second-order valence-corrected chi connectivity index (χ2v) is 6.53. The molecule has 2 aromatic rings. The first-order chi connectivity index (χ1) is 10.4. The van der Waals surface area contributed by atoms with E-state index in [0.717, 1.165) is 12.2 Å². The lowest BCUT2D eigenvalue weighted by atomic mass is 9.86. The second-order valence-electron chi connectivity index (χ2n) is 6.53. The van der Waals surface area contributed by atoms with Crippen LogP contribution in [0.1, 0.15) is 45.0 Å². The molecule has 0 aliphatic rings. The molecule has 22 heavy (non-hydrogen) atoms. The lowest BCUT2D eigenvalue weighted by Gasteiger charge is -2.22. The molecule has 5 nitrogen and oxygen atoms in total. The Labute approximate surface area is 132 Å². The molecule has 1 unspecified atom stereocenters. The summed E-state index contributed by atoms with van der Waals surface area (Å²) in [6.45, 7) is 8.86. The number of hydrogen-bond acceptors (Lipinski definition) is 5. The highest BCUT2D eigenvalue weighted by molar-refractivity contribution is 5.38. The molecule has 0 fully saturated rings. The third-order valence-electron chi connectivity index (χ3n) is 3.54. The average molecular weight is 303 g/mol. The molecular formula is C17H25N3O2. The Balaban J connectivity index is 2.02. The number of para-hydroxylation sites is 1. The quantitative estimate of drug-likeness (QED) is 0.888. The first-order valence-electron chi connectivity index (χ1n) is 7.61. The van der Waals surface area contributed by atoms with E-state index in [-0.39, 0.29) is 12.0 Å². The summed E-state index contributed by atoms with van der Waals surface area (Å²) in [5, 5.41) is 7.13. The van der Waals surface area contributed by atoms with Gasteiger partial charge in [0, 0.05) is 12.5 Å². The predicted molar refractivity (Wildman–Crippen MR) is 86.0 cm³/mol. The molecule has 0 aliphatic carbocycles. The largest absolute Gasteiger partial charge is 0.483 e. The molecule has 120 valence electrons. The first-order valence-corrected chi connectivity index (χ1v) is 7.61. The van der Waals surface area contributed by atoms with Crippen molar-refractivity contribution in [3.8, 4) is 5.75 Å². The number of rotatable bonds is 6. The van der Waals surface area contributed by atoms with Crippen LogP contribution in [0.15, 0.2) is 28.8 Å². The summed E-state index contributed by atoms with van der Waals surface area (Å²) in [5.41, 5.74) is 1.19. The number of benzene rings is 1. The van der Waals surface area contributed by atoms with Gasteiger partial charge in [-0.05, 0) is 31.0 Å². The monoisotopic (exact) mass is 303 g/mol. The van der Waals surface area contributed by atoms with Crippen LogP contribution in [0.2, 0.25) is 0 Å². The third kappa shape index (κ3) is 4.31. The van der Waals surface area contributed by atoms with Crippen LogP contribution >= 0.6 is 0 Å². The minimum atomic E-state index is 0.0266. The van der Waals surface area contributed by atoms with E-state index in [9.17, 15) is 0 Å². The van der Waals surface area contributed by atoms with Gasteiger partial charge < -0.3 is 14.6 Å². The van der Waals surface area contributed by atoms with Crippen molar-refractivity contribution in [3.63, 3.8) is 0 Å². The Kier molecular flexibility index (Phi) is 5.19. The minimum absolute atomic E-state index is 0.0266. The smallest absolute Gasteiger partial charge is 0.264 e. The molecule has 0 saturated heterocycles. The first kappa shape index (κ1) is 16.5. The summed E-state index contributed by atoms with van der Waals surface area (Å²) in [7, 11) is 1.91. The van der Waals surface area contributed by atoms with Crippen LogP contribution < -0.4 is 10.1 Å². The molecule has 0 saturated carbocycles. The molecule has 1 heterocycles. The van der Waals surface area contributed by atoms with E-state index in [1.54, 1.807) is 0 Å². The van der Waals surface area contributed by atoms with E-state index in [1.807, 2.05) is 25.2 Å². The standard InChI is InChI=1S/C17H25N3O2/c1-12(18-5)10-15-19-16(22-20-15)11-21-14-9-7-6-8-13(14)17(2,3)4/h6-9,12,18H,10-11H2,1-5H3. The second kappa shape index (κ2) is 6.92. The number of ether oxygens (including phenoxy) is 1. The number of nitrogens with zero attached hydrogens (tertiary/aromatic N) is 2. The summed E-state index contributed by atoms with van der Waals surface area (Å²) in [6.07, 6.45) is 0.735. The number of hydrogen-bond donors (Lipinski definition) is 1. The van der Waals surface area contributed by atoms with Crippen LogP contribution in [0.4, 0.5) is 0 Å². The maximum atomic E-state index is 5.88. The van der Waals surface area contributed by atoms with E-state index in [2.05, 4.69) is 49.2 Å². The summed E-state index contributed by atoms with van der Waals surface area (Å²) < 4.78 is 11.1. The van der Waals surface area contributed by atoms with Gasteiger partial charge in [-0.15, -0.1) is 0 Å². The van der Waals surface area contributed by atoms with Crippen molar-refractivity contribution in [1.29, 1.82) is 0 Å². The minimum Gasteiger partial charge on any atom is -0.483 e.